The van der Waals surface area contributed by atoms with Gasteiger partial charge in [0, 0.05) is 12.1 Å². The van der Waals surface area contributed by atoms with Crippen molar-refractivity contribution >= 4 is 17.0 Å². The molecule has 0 fully saturated rings. The number of ether oxygens (including phenoxy) is 3. The number of aromatic amines is 1. The van der Waals surface area contributed by atoms with Crippen LogP contribution in [-0.2, 0) is 11.3 Å². The Morgan fingerprint density at radius 3 is 2.79 bits per heavy atom. The van der Waals surface area contributed by atoms with Gasteiger partial charge in [0.05, 0.1) is 23.8 Å². The lowest BCUT2D eigenvalue weighted by Gasteiger charge is -2.12. The lowest BCUT2D eigenvalue weighted by atomic mass is 10.1. The van der Waals surface area contributed by atoms with Crippen LogP contribution in [0.2, 0.25) is 0 Å². The summed E-state index contributed by atoms with van der Waals surface area (Å²) in [6.07, 6.45) is 0.643. The second kappa shape index (κ2) is 6.84. The highest BCUT2D eigenvalue weighted by atomic mass is 16.7. The third-order valence-corrected chi connectivity index (χ3v) is 4.47. The summed E-state index contributed by atoms with van der Waals surface area (Å²) < 4.78 is 16.9. The first kappa shape index (κ1) is 17.8. The minimum absolute atomic E-state index is 0.0180. The van der Waals surface area contributed by atoms with Crippen molar-refractivity contribution in [2.75, 3.05) is 13.9 Å². The van der Waals surface area contributed by atoms with E-state index in [0.717, 1.165) is 0 Å². The number of esters is 1. The zero-order valence-electron chi connectivity index (χ0n) is 15.3. The first-order valence-corrected chi connectivity index (χ1v) is 8.69. The molecule has 0 saturated heterocycles. The van der Waals surface area contributed by atoms with Crippen molar-refractivity contribution in [3.05, 3.63) is 50.7 Å². The van der Waals surface area contributed by atoms with E-state index in [-0.39, 0.29) is 23.4 Å². The average molecular weight is 383 g/mol. The molecule has 0 radical (unpaired) electrons. The molecule has 0 amide bonds. The van der Waals surface area contributed by atoms with E-state index < -0.39 is 17.2 Å². The number of nitrogens with one attached hydrogen (secondary N) is 1. The van der Waals surface area contributed by atoms with Crippen molar-refractivity contribution in [1.82, 2.24) is 14.5 Å². The van der Waals surface area contributed by atoms with Crippen LogP contribution in [0.25, 0.3) is 22.3 Å². The fourth-order valence-electron chi connectivity index (χ4n) is 3.18. The van der Waals surface area contributed by atoms with Gasteiger partial charge in [-0.1, -0.05) is 6.92 Å². The molecule has 1 N–H and O–H groups in total. The van der Waals surface area contributed by atoms with E-state index in [1.54, 1.807) is 18.2 Å². The molecule has 1 aliphatic heterocycles. The van der Waals surface area contributed by atoms with Gasteiger partial charge in [0.15, 0.2) is 17.1 Å². The summed E-state index contributed by atoms with van der Waals surface area (Å²) in [5, 5.41) is 0.0180. The maximum atomic E-state index is 12.4. The number of methoxy groups -OCH3 is 1. The number of pyridine rings is 1. The van der Waals surface area contributed by atoms with Crippen molar-refractivity contribution < 1.29 is 19.0 Å². The van der Waals surface area contributed by atoms with Crippen LogP contribution in [0.5, 0.6) is 11.5 Å². The molecule has 0 unspecified atom stereocenters. The number of aromatic nitrogens is 3. The summed E-state index contributed by atoms with van der Waals surface area (Å²) in [4.78, 5) is 43.9. The van der Waals surface area contributed by atoms with E-state index in [9.17, 15) is 14.4 Å². The maximum Gasteiger partial charge on any atom is 0.338 e. The highest BCUT2D eigenvalue weighted by molar-refractivity contribution is 6.03. The fraction of sp³-hybridized carbons (Fsp3) is 0.263. The van der Waals surface area contributed by atoms with Crippen LogP contribution >= 0.6 is 0 Å². The Kier molecular flexibility index (Phi) is 4.34. The van der Waals surface area contributed by atoms with Crippen LogP contribution < -0.4 is 20.7 Å². The molecule has 9 heteroatoms. The van der Waals surface area contributed by atoms with Gasteiger partial charge in [-0.2, -0.15) is 0 Å². The van der Waals surface area contributed by atoms with Gasteiger partial charge in [-0.3, -0.25) is 14.3 Å². The Morgan fingerprint density at radius 2 is 2.04 bits per heavy atom. The number of carbonyl (C=O) groups is 1. The van der Waals surface area contributed by atoms with Crippen LogP contribution in [0.15, 0.2) is 33.9 Å². The van der Waals surface area contributed by atoms with E-state index in [4.69, 9.17) is 14.2 Å². The normalized spacial score (nSPS) is 12.4. The highest BCUT2D eigenvalue weighted by Crippen LogP contribution is 2.36. The molecule has 28 heavy (non-hydrogen) atoms. The number of nitrogens with zero attached hydrogens (tertiary/aromatic N) is 2. The van der Waals surface area contributed by atoms with Gasteiger partial charge in [-0.25, -0.2) is 14.6 Å². The first-order valence-electron chi connectivity index (χ1n) is 8.69. The lowest BCUT2D eigenvalue weighted by molar-refractivity contribution is 0.0603. The number of carbonyl (C=O) groups excluding carboxylic acids is 1. The monoisotopic (exact) mass is 383 g/mol. The summed E-state index contributed by atoms with van der Waals surface area (Å²) >= 11 is 0. The van der Waals surface area contributed by atoms with Crippen molar-refractivity contribution in [2.24, 2.45) is 0 Å². The maximum absolute atomic E-state index is 12.4. The molecule has 144 valence electrons. The lowest BCUT2D eigenvalue weighted by Crippen LogP contribution is -2.32. The largest absolute Gasteiger partial charge is 0.465 e. The van der Waals surface area contributed by atoms with Gasteiger partial charge < -0.3 is 14.2 Å². The van der Waals surface area contributed by atoms with Gasteiger partial charge in [0.25, 0.3) is 5.56 Å². The van der Waals surface area contributed by atoms with E-state index in [1.807, 2.05) is 6.92 Å². The smallest absolute Gasteiger partial charge is 0.338 e. The highest BCUT2D eigenvalue weighted by Gasteiger charge is 2.21. The Hall–Kier alpha value is -3.62. The number of fused-ring (bicyclic) bond motifs is 2. The number of hydrogen-bond acceptors (Lipinski definition) is 7. The molecule has 0 spiro atoms. The topological polar surface area (TPSA) is 113 Å². The molecular formula is C19H17N3O6. The molecule has 0 saturated carbocycles. The number of H-pyrrole nitrogens is 1. The molecule has 0 bridgehead atoms. The van der Waals surface area contributed by atoms with Crippen LogP contribution in [0.3, 0.4) is 0 Å². The molecular weight excluding hydrogens is 366 g/mol. The van der Waals surface area contributed by atoms with E-state index in [1.165, 1.54) is 17.7 Å². The Labute approximate surface area is 158 Å². The van der Waals surface area contributed by atoms with Crippen molar-refractivity contribution in [3.8, 4) is 22.8 Å². The van der Waals surface area contributed by atoms with Crippen LogP contribution in [0.4, 0.5) is 0 Å². The van der Waals surface area contributed by atoms with Gasteiger partial charge in [0.2, 0.25) is 6.79 Å². The second-order valence-corrected chi connectivity index (χ2v) is 6.22. The van der Waals surface area contributed by atoms with Crippen molar-refractivity contribution in [3.63, 3.8) is 0 Å². The molecule has 0 atom stereocenters. The van der Waals surface area contributed by atoms with Gasteiger partial charge >= 0.3 is 11.7 Å². The Balaban J connectivity index is 2.05. The van der Waals surface area contributed by atoms with Gasteiger partial charge in [0.1, 0.15) is 0 Å². The second-order valence-electron chi connectivity index (χ2n) is 6.22. The zero-order valence-corrected chi connectivity index (χ0v) is 15.3. The van der Waals surface area contributed by atoms with Crippen LogP contribution in [-0.4, -0.2) is 34.4 Å². The Morgan fingerprint density at radius 1 is 1.25 bits per heavy atom. The molecule has 1 aromatic carbocycles. The van der Waals surface area contributed by atoms with Crippen molar-refractivity contribution in [2.45, 2.75) is 19.9 Å². The van der Waals surface area contributed by atoms with Gasteiger partial charge in [-0.05, 0) is 30.7 Å². The minimum atomic E-state index is -0.693. The fourth-order valence-corrected chi connectivity index (χ4v) is 3.18. The molecule has 1 aliphatic rings. The van der Waals surface area contributed by atoms with Crippen LogP contribution in [0, 0.1) is 0 Å². The molecule has 3 aromatic rings. The summed E-state index contributed by atoms with van der Waals surface area (Å²) in [6, 6.07) is 6.70. The predicted molar refractivity (Wildman–Crippen MR) is 99.8 cm³/mol. The van der Waals surface area contributed by atoms with Crippen LogP contribution in [0.1, 0.15) is 23.7 Å². The molecule has 4 rings (SSSR count). The van der Waals surface area contributed by atoms with E-state index in [2.05, 4.69) is 9.97 Å². The summed E-state index contributed by atoms with van der Waals surface area (Å²) in [5.74, 6) is 0.467. The number of aryl methyl sites for hydroxylation is 1. The SMILES string of the molecule is CCCn1c(=O)[nH]c(=O)c2c(C(=O)OC)cc(-c3ccc4c(c3)OCO4)nc21. The number of benzene rings is 1. The van der Waals surface area contributed by atoms with E-state index >= 15 is 0 Å². The minimum Gasteiger partial charge on any atom is -0.465 e. The third kappa shape index (κ3) is 2.81. The number of rotatable bonds is 4. The summed E-state index contributed by atoms with van der Waals surface area (Å²) in [5.41, 5.74) is -0.0476. The Bertz CT molecular complexity index is 1210. The molecule has 9 nitrogen and oxygen atoms in total. The quantitative estimate of drug-likeness (QED) is 0.682. The standard InChI is InChI=1S/C19H17N3O6/c1-3-6-22-16-15(17(23)21-19(22)25)11(18(24)26-2)8-12(20-16)10-4-5-13-14(7-10)28-9-27-13/h4-5,7-8H,3,6,9H2,1-2H3,(H,21,23,25). The third-order valence-electron chi connectivity index (χ3n) is 4.47. The molecule has 3 heterocycles. The average Bonchev–Trinajstić information content (AvgIpc) is 3.17. The zero-order chi connectivity index (χ0) is 19.8. The van der Waals surface area contributed by atoms with Crippen molar-refractivity contribution in [1.29, 1.82) is 0 Å². The van der Waals surface area contributed by atoms with Gasteiger partial charge in [-0.15, -0.1) is 0 Å². The molecule has 2 aromatic heterocycles. The number of hydrogen-bond donors (Lipinski definition) is 1. The summed E-state index contributed by atoms with van der Waals surface area (Å²) in [7, 11) is 1.23. The summed E-state index contributed by atoms with van der Waals surface area (Å²) in [6.45, 7) is 2.36. The van der Waals surface area contributed by atoms with E-state index in [0.29, 0.717) is 35.7 Å². The molecule has 0 aliphatic carbocycles. The predicted octanol–water partition coefficient (Wildman–Crippen LogP) is 1.68. The first-order chi connectivity index (χ1) is 13.5.